The van der Waals surface area contributed by atoms with Gasteiger partial charge in [-0.3, -0.25) is 0 Å². The fourth-order valence-electron chi connectivity index (χ4n) is 3.95. The maximum Gasteiger partial charge on any atom is 0.341 e. The van der Waals surface area contributed by atoms with E-state index in [1.54, 1.807) is 6.07 Å². The van der Waals surface area contributed by atoms with Gasteiger partial charge in [0.25, 0.3) is 0 Å². The monoisotopic (exact) mass is 340 g/mol. The molecule has 130 valence electrons. The Balaban J connectivity index is 1.67. The van der Waals surface area contributed by atoms with Gasteiger partial charge < -0.3 is 13.9 Å². The minimum absolute atomic E-state index is 0.342. The molecule has 2 heterocycles. The zero-order valence-electron chi connectivity index (χ0n) is 14.1. The summed E-state index contributed by atoms with van der Waals surface area (Å²) in [6.07, 6.45) is 5.32. The van der Waals surface area contributed by atoms with Crippen LogP contribution >= 0.6 is 0 Å². The van der Waals surface area contributed by atoms with Gasteiger partial charge in [0.2, 0.25) is 0 Å². The lowest BCUT2D eigenvalue weighted by molar-refractivity contribution is -0.137. The minimum atomic E-state index is -0.540. The predicted octanol–water partition coefficient (Wildman–Crippen LogP) is 3.45. The normalized spacial score (nSPS) is 36.1. The smallest absolute Gasteiger partial charge is 0.341 e. The number of hydrogen-bond donors (Lipinski definition) is 0. The number of rotatable bonds is 2. The first kappa shape index (κ1) is 15.9. The molecule has 0 radical (unpaired) electrons. The summed E-state index contributed by atoms with van der Waals surface area (Å²) in [4.78, 5) is 24.5. The van der Waals surface area contributed by atoms with Crippen molar-refractivity contribution in [3.8, 4) is 0 Å². The second-order valence-electron chi connectivity index (χ2n) is 7.10. The SMILES string of the molecule is C=C1C(=O)O[C@@H]2/C=C(/C)[C@H]3C[C@H]3C(=C)C[C@@H](OC(=O)c3ccoc3)[C@@H]12. The number of furan rings is 1. The van der Waals surface area contributed by atoms with Crippen LogP contribution in [0.25, 0.3) is 0 Å². The Bertz CT molecular complexity index is 785. The molecule has 0 spiro atoms. The van der Waals surface area contributed by atoms with Crippen molar-refractivity contribution in [1.82, 2.24) is 0 Å². The van der Waals surface area contributed by atoms with E-state index in [1.807, 2.05) is 6.08 Å². The van der Waals surface area contributed by atoms with Gasteiger partial charge in [0.1, 0.15) is 18.5 Å². The van der Waals surface area contributed by atoms with E-state index in [9.17, 15) is 9.59 Å². The van der Waals surface area contributed by atoms with Gasteiger partial charge in [-0.1, -0.05) is 24.3 Å². The average molecular weight is 340 g/mol. The number of ether oxygens (including phenoxy) is 2. The van der Waals surface area contributed by atoms with Crippen molar-refractivity contribution in [2.45, 2.75) is 32.0 Å². The highest BCUT2D eigenvalue weighted by molar-refractivity contribution is 5.92. The topological polar surface area (TPSA) is 65.7 Å². The summed E-state index contributed by atoms with van der Waals surface area (Å²) >= 11 is 0. The highest BCUT2D eigenvalue weighted by Gasteiger charge is 2.49. The number of esters is 2. The number of carbonyl (C=O) groups is 2. The van der Waals surface area contributed by atoms with Crippen LogP contribution in [0.1, 0.15) is 30.1 Å². The fourth-order valence-corrected chi connectivity index (χ4v) is 3.95. The highest BCUT2D eigenvalue weighted by atomic mass is 16.6. The van der Waals surface area contributed by atoms with Crippen LogP contribution < -0.4 is 0 Å². The Kier molecular flexibility index (Phi) is 3.67. The molecule has 3 aliphatic rings. The van der Waals surface area contributed by atoms with Gasteiger partial charge in [-0.25, -0.2) is 9.59 Å². The second-order valence-corrected chi connectivity index (χ2v) is 7.10. The summed E-state index contributed by atoms with van der Waals surface area (Å²) in [6, 6.07) is 1.55. The molecule has 5 atom stereocenters. The fraction of sp³-hybridized carbons (Fsp3) is 0.400. The van der Waals surface area contributed by atoms with E-state index in [1.165, 1.54) is 18.1 Å². The van der Waals surface area contributed by atoms with Crippen LogP contribution in [0.5, 0.6) is 0 Å². The molecule has 2 fully saturated rings. The highest BCUT2D eigenvalue weighted by Crippen LogP contribution is 2.52. The van der Waals surface area contributed by atoms with E-state index in [2.05, 4.69) is 20.1 Å². The van der Waals surface area contributed by atoms with Crippen molar-refractivity contribution in [2.24, 2.45) is 17.8 Å². The molecule has 4 rings (SSSR count). The predicted molar refractivity (Wildman–Crippen MR) is 89.5 cm³/mol. The Morgan fingerprint density at radius 2 is 2.12 bits per heavy atom. The molecule has 1 aromatic heterocycles. The molecule has 1 saturated heterocycles. The lowest BCUT2D eigenvalue weighted by Gasteiger charge is -2.26. The first-order valence-electron chi connectivity index (χ1n) is 8.44. The Labute approximate surface area is 146 Å². The largest absolute Gasteiger partial charge is 0.472 e. The second kappa shape index (κ2) is 5.76. The maximum atomic E-state index is 12.4. The van der Waals surface area contributed by atoms with Gasteiger partial charge in [-0.2, -0.15) is 0 Å². The number of fused-ring (bicyclic) bond motifs is 2. The molecule has 0 bridgehead atoms. The van der Waals surface area contributed by atoms with Crippen LogP contribution in [0.2, 0.25) is 0 Å². The van der Waals surface area contributed by atoms with Crippen molar-refractivity contribution < 1.29 is 23.5 Å². The van der Waals surface area contributed by atoms with Crippen molar-refractivity contribution in [2.75, 3.05) is 0 Å². The van der Waals surface area contributed by atoms with Crippen LogP contribution in [0, 0.1) is 17.8 Å². The molecular weight excluding hydrogens is 320 g/mol. The molecule has 5 nitrogen and oxygen atoms in total. The molecule has 1 aliphatic heterocycles. The average Bonchev–Trinajstić information content (AvgIpc) is 3.07. The summed E-state index contributed by atoms with van der Waals surface area (Å²) in [6.45, 7) is 10.1. The quantitative estimate of drug-likeness (QED) is 0.469. The molecule has 1 aromatic rings. The number of carbonyl (C=O) groups excluding carboxylic acids is 2. The minimum Gasteiger partial charge on any atom is -0.472 e. The summed E-state index contributed by atoms with van der Waals surface area (Å²) in [7, 11) is 0. The van der Waals surface area contributed by atoms with Gasteiger partial charge in [-0.05, 0) is 37.3 Å². The molecular formula is C20H20O5. The van der Waals surface area contributed by atoms with Gasteiger partial charge in [0.05, 0.1) is 17.7 Å². The summed E-state index contributed by atoms with van der Waals surface area (Å²) in [5.74, 6) is -0.447. The van der Waals surface area contributed by atoms with Gasteiger partial charge in [-0.15, -0.1) is 0 Å². The van der Waals surface area contributed by atoms with E-state index in [4.69, 9.17) is 13.9 Å². The summed E-state index contributed by atoms with van der Waals surface area (Å²) < 4.78 is 16.2. The van der Waals surface area contributed by atoms with Crippen LogP contribution in [0.4, 0.5) is 0 Å². The Morgan fingerprint density at radius 1 is 1.32 bits per heavy atom. The maximum absolute atomic E-state index is 12.4. The van der Waals surface area contributed by atoms with Gasteiger partial charge >= 0.3 is 11.9 Å². The summed E-state index contributed by atoms with van der Waals surface area (Å²) in [5.41, 5.74) is 2.94. The van der Waals surface area contributed by atoms with Crippen LogP contribution in [-0.2, 0) is 14.3 Å². The first-order chi connectivity index (χ1) is 12.0. The van der Waals surface area contributed by atoms with Crippen molar-refractivity contribution in [3.63, 3.8) is 0 Å². The van der Waals surface area contributed by atoms with Crippen LogP contribution in [-0.4, -0.2) is 24.1 Å². The molecule has 0 unspecified atom stereocenters. The van der Waals surface area contributed by atoms with Crippen LogP contribution in [0.15, 0.2) is 59.0 Å². The molecule has 5 heteroatoms. The number of hydrogen-bond acceptors (Lipinski definition) is 5. The van der Waals surface area contributed by atoms with E-state index in [0.29, 0.717) is 29.4 Å². The van der Waals surface area contributed by atoms with E-state index in [-0.39, 0.29) is 0 Å². The Hall–Kier alpha value is -2.56. The third kappa shape index (κ3) is 2.73. The van der Waals surface area contributed by atoms with Crippen molar-refractivity contribution >= 4 is 11.9 Å². The molecule has 25 heavy (non-hydrogen) atoms. The zero-order chi connectivity index (χ0) is 17.7. The standard InChI is InChI=1S/C20H20O5/c1-10-6-16-18(12(3)19(21)24-16)17(7-11(2)15-8-14(10)15)25-20(22)13-4-5-23-9-13/h4-6,9,14-18H,2-3,7-8H2,1H3/b10-6-/t14-,15+,16-,17-,18+/m1/s1. The zero-order valence-corrected chi connectivity index (χ0v) is 14.1. The molecule has 0 aromatic carbocycles. The van der Waals surface area contributed by atoms with E-state index < -0.39 is 30.1 Å². The van der Waals surface area contributed by atoms with Crippen molar-refractivity contribution in [3.05, 3.63) is 60.1 Å². The van der Waals surface area contributed by atoms with E-state index in [0.717, 1.165) is 12.0 Å². The molecule has 1 saturated carbocycles. The van der Waals surface area contributed by atoms with Crippen LogP contribution in [0.3, 0.4) is 0 Å². The van der Waals surface area contributed by atoms with Gasteiger partial charge in [0, 0.05) is 12.0 Å². The molecule has 0 N–H and O–H groups in total. The first-order valence-corrected chi connectivity index (χ1v) is 8.44. The number of allylic oxidation sites excluding steroid dienone is 1. The third-order valence-electron chi connectivity index (χ3n) is 5.47. The lowest BCUT2D eigenvalue weighted by Crippen LogP contribution is -2.33. The lowest BCUT2D eigenvalue weighted by atomic mass is 9.87. The van der Waals surface area contributed by atoms with E-state index >= 15 is 0 Å². The molecule has 0 amide bonds. The molecule has 2 aliphatic carbocycles. The third-order valence-corrected chi connectivity index (χ3v) is 5.47. The van der Waals surface area contributed by atoms with Gasteiger partial charge in [0.15, 0.2) is 0 Å². The Morgan fingerprint density at radius 3 is 2.84 bits per heavy atom. The van der Waals surface area contributed by atoms with Crippen molar-refractivity contribution in [1.29, 1.82) is 0 Å². The summed E-state index contributed by atoms with van der Waals surface area (Å²) in [5, 5.41) is 0.